The SMILES string of the molecule is O=C1Nc2ccccc2S/C1=C\c1ccccc1OCc1cccc(Cl)c1. The van der Waals surface area contributed by atoms with Gasteiger partial charge in [0, 0.05) is 15.5 Å². The molecule has 0 bridgehead atoms. The van der Waals surface area contributed by atoms with Crippen LogP contribution in [0, 0.1) is 0 Å². The smallest absolute Gasteiger partial charge is 0.262 e. The second-order valence-electron chi connectivity index (χ2n) is 6.02. The third-order valence-corrected chi connectivity index (χ3v) is 5.40. The molecule has 5 heteroatoms. The zero-order valence-electron chi connectivity index (χ0n) is 14.3. The largest absolute Gasteiger partial charge is 0.488 e. The van der Waals surface area contributed by atoms with E-state index in [4.69, 9.17) is 16.3 Å². The van der Waals surface area contributed by atoms with Gasteiger partial charge in [0.05, 0.1) is 10.6 Å². The van der Waals surface area contributed by atoms with E-state index in [9.17, 15) is 4.79 Å². The molecule has 3 nitrogen and oxygen atoms in total. The molecule has 0 spiro atoms. The van der Waals surface area contributed by atoms with Crippen molar-refractivity contribution in [3.8, 4) is 5.75 Å². The number of amides is 1. The molecule has 3 aromatic rings. The highest BCUT2D eigenvalue weighted by Crippen LogP contribution is 2.39. The maximum Gasteiger partial charge on any atom is 0.262 e. The Bertz CT molecular complexity index is 1030. The molecule has 0 aliphatic carbocycles. The van der Waals surface area contributed by atoms with Crippen LogP contribution in [0.2, 0.25) is 5.02 Å². The number of anilines is 1. The molecule has 1 aliphatic rings. The van der Waals surface area contributed by atoms with E-state index in [1.165, 1.54) is 11.8 Å². The minimum atomic E-state index is -0.108. The number of hydrogen-bond acceptors (Lipinski definition) is 3. The van der Waals surface area contributed by atoms with Crippen molar-refractivity contribution < 1.29 is 9.53 Å². The van der Waals surface area contributed by atoms with Crippen molar-refractivity contribution in [1.82, 2.24) is 0 Å². The van der Waals surface area contributed by atoms with E-state index in [1.54, 1.807) is 0 Å². The Morgan fingerprint density at radius 3 is 2.70 bits per heavy atom. The quantitative estimate of drug-likeness (QED) is 0.552. The first kappa shape index (κ1) is 17.7. The number of rotatable bonds is 4. The summed E-state index contributed by atoms with van der Waals surface area (Å²) in [5, 5.41) is 3.61. The summed E-state index contributed by atoms with van der Waals surface area (Å²) in [6.07, 6.45) is 1.86. The van der Waals surface area contributed by atoms with E-state index in [1.807, 2.05) is 78.9 Å². The van der Waals surface area contributed by atoms with Gasteiger partial charge in [-0.2, -0.15) is 0 Å². The highest BCUT2D eigenvalue weighted by molar-refractivity contribution is 8.04. The number of halogens is 1. The first-order chi connectivity index (χ1) is 13.2. The van der Waals surface area contributed by atoms with Crippen LogP contribution in [-0.2, 0) is 11.4 Å². The zero-order chi connectivity index (χ0) is 18.6. The van der Waals surface area contributed by atoms with Crippen molar-refractivity contribution in [3.63, 3.8) is 0 Å². The molecular weight excluding hydrogens is 378 g/mol. The Balaban J connectivity index is 1.58. The predicted octanol–water partition coefficient (Wildman–Crippen LogP) is 6.00. The van der Waals surface area contributed by atoms with Crippen LogP contribution in [0.25, 0.3) is 6.08 Å². The van der Waals surface area contributed by atoms with Gasteiger partial charge >= 0.3 is 0 Å². The number of ether oxygens (including phenoxy) is 1. The first-order valence-corrected chi connectivity index (χ1v) is 9.65. The van der Waals surface area contributed by atoms with Gasteiger partial charge in [0.15, 0.2) is 0 Å². The van der Waals surface area contributed by atoms with Crippen LogP contribution >= 0.6 is 23.4 Å². The average Bonchev–Trinajstić information content (AvgIpc) is 2.68. The van der Waals surface area contributed by atoms with Crippen LogP contribution in [0.5, 0.6) is 5.75 Å². The van der Waals surface area contributed by atoms with Gasteiger partial charge in [-0.05, 0) is 42.0 Å². The second-order valence-corrected chi connectivity index (χ2v) is 7.54. The van der Waals surface area contributed by atoms with Gasteiger partial charge in [-0.1, -0.05) is 65.8 Å². The molecule has 0 unspecified atom stereocenters. The Morgan fingerprint density at radius 1 is 1.00 bits per heavy atom. The highest BCUT2D eigenvalue weighted by Gasteiger charge is 2.20. The summed E-state index contributed by atoms with van der Waals surface area (Å²) in [6.45, 7) is 0.406. The van der Waals surface area contributed by atoms with Crippen molar-refractivity contribution in [2.45, 2.75) is 11.5 Å². The third-order valence-electron chi connectivity index (χ3n) is 4.07. The minimum Gasteiger partial charge on any atom is -0.488 e. The maximum atomic E-state index is 12.4. The molecule has 0 fully saturated rings. The fourth-order valence-corrected chi connectivity index (χ4v) is 3.92. The summed E-state index contributed by atoms with van der Waals surface area (Å²) in [6, 6.07) is 23.0. The molecule has 1 heterocycles. The summed E-state index contributed by atoms with van der Waals surface area (Å²) in [4.78, 5) is 14.1. The molecule has 1 amide bonds. The van der Waals surface area contributed by atoms with E-state index in [0.717, 1.165) is 27.5 Å². The molecule has 0 saturated heterocycles. The molecule has 27 heavy (non-hydrogen) atoms. The summed E-state index contributed by atoms with van der Waals surface area (Å²) in [5.41, 5.74) is 2.69. The molecule has 4 rings (SSSR count). The number of para-hydroxylation sites is 2. The van der Waals surface area contributed by atoms with E-state index in [0.29, 0.717) is 16.5 Å². The molecule has 0 saturated carbocycles. The van der Waals surface area contributed by atoms with Crippen molar-refractivity contribution in [2.75, 3.05) is 5.32 Å². The molecule has 0 atom stereocenters. The van der Waals surface area contributed by atoms with Gasteiger partial charge < -0.3 is 10.1 Å². The van der Waals surface area contributed by atoms with Crippen molar-refractivity contribution >= 4 is 41.0 Å². The van der Waals surface area contributed by atoms with Crippen LogP contribution < -0.4 is 10.1 Å². The van der Waals surface area contributed by atoms with Gasteiger partial charge in [-0.3, -0.25) is 4.79 Å². The lowest BCUT2D eigenvalue weighted by atomic mass is 10.1. The third kappa shape index (κ3) is 4.18. The Morgan fingerprint density at radius 2 is 1.81 bits per heavy atom. The van der Waals surface area contributed by atoms with Crippen molar-refractivity contribution in [1.29, 1.82) is 0 Å². The van der Waals surface area contributed by atoms with Crippen LogP contribution in [-0.4, -0.2) is 5.91 Å². The van der Waals surface area contributed by atoms with Crippen LogP contribution in [0.4, 0.5) is 5.69 Å². The summed E-state index contributed by atoms with van der Waals surface area (Å²) >= 11 is 7.49. The summed E-state index contributed by atoms with van der Waals surface area (Å²) in [5.74, 6) is 0.612. The van der Waals surface area contributed by atoms with Gasteiger partial charge in [-0.15, -0.1) is 0 Å². The number of benzene rings is 3. The lowest BCUT2D eigenvalue weighted by Gasteiger charge is -2.18. The molecule has 3 aromatic carbocycles. The van der Waals surface area contributed by atoms with Gasteiger partial charge in [-0.25, -0.2) is 0 Å². The van der Waals surface area contributed by atoms with Crippen molar-refractivity contribution in [2.24, 2.45) is 0 Å². The summed E-state index contributed by atoms with van der Waals surface area (Å²) < 4.78 is 5.98. The van der Waals surface area contributed by atoms with E-state index < -0.39 is 0 Å². The molecular formula is C22H16ClNO2S. The highest BCUT2D eigenvalue weighted by atomic mass is 35.5. The topological polar surface area (TPSA) is 38.3 Å². The first-order valence-electron chi connectivity index (χ1n) is 8.45. The normalized spacial score (nSPS) is 14.6. The van der Waals surface area contributed by atoms with Gasteiger partial charge in [0.25, 0.3) is 5.91 Å². The maximum absolute atomic E-state index is 12.4. The van der Waals surface area contributed by atoms with Crippen LogP contribution in [0.3, 0.4) is 0 Å². The lowest BCUT2D eigenvalue weighted by Crippen LogP contribution is -2.17. The second kappa shape index (κ2) is 7.91. The molecule has 134 valence electrons. The number of nitrogens with one attached hydrogen (secondary N) is 1. The van der Waals surface area contributed by atoms with Crippen LogP contribution in [0.15, 0.2) is 82.6 Å². The molecule has 0 radical (unpaired) electrons. The Kier molecular flexibility index (Phi) is 5.19. The standard InChI is InChI=1S/C22H16ClNO2S/c23-17-8-5-6-15(12-17)14-26-19-10-3-1-7-16(19)13-21-22(25)24-18-9-2-4-11-20(18)27-21/h1-13H,14H2,(H,24,25)/b21-13-. The fourth-order valence-electron chi connectivity index (χ4n) is 2.76. The van der Waals surface area contributed by atoms with E-state index >= 15 is 0 Å². The Labute approximate surface area is 167 Å². The van der Waals surface area contributed by atoms with Crippen LogP contribution in [0.1, 0.15) is 11.1 Å². The number of carbonyl (C=O) groups excluding carboxylic acids is 1. The van der Waals surface area contributed by atoms with E-state index in [2.05, 4.69) is 5.32 Å². The number of hydrogen-bond donors (Lipinski definition) is 1. The number of thioether (sulfide) groups is 1. The molecule has 1 aliphatic heterocycles. The number of fused-ring (bicyclic) bond motifs is 1. The predicted molar refractivity (Wildman–Crippen MR) is 111 cm³/mol. The monoisotopic (exact) mass is 393 g/mol. The summed E-state index contributed by atoms with van der Waals surface area (Å²) in [7, 11) is 0. The molecule has 1 N–H and O–H groups in total. The van der Waals surface area contributed by atoms with Gasteiger partial charge in [0.2, 0.25) is 0 Å². The molecule has 0 aromatic heterocycles. The fraction of sp³-hybridized carbons (Fsp3) is 0.0455. The van der Waals surface area contributed by atoms with Gasteiger partial charge in [0.1, 0.15) is 12.4 Å². The van der Waals surface area contributed by atoms with Crippen molar-refractivity contribution in [3.05, 3.63) is 93.9 Å². The Hall–Kier alpha value is -2.69. The minimum absolute atomic E-state index is 0.108. The van der Waals surface area contributed by atoms with E-state index in [-0.39, 0.29) is 5.91 Å². The average molecular weight is 394 g/mol. The number of carbonyl (C=O) groups is 1. The zero-order valence-corrected chi connectivity index (χ0v) is 15.9. The lowest BCUT2D eigenvalue weighted by molar-refractivity contribution is -0.112.